The molecule has 1 aliphatic heterocycles. The molecule has 0 aliphatic carbocycles. The molecule has 0 aromatic heterocycles. The second-order valence-electron chi connectivity index (χ2n) is 6.57. The van der Waals surface area contributed by atoms with Gasteiger partial charge in [0.1, 0.15) is 0 Å². The third-order valence-electron chi connectivity index (χ3n) is 4.37. The van der Waals surface area contributed by atoms with Crippen LogP contribution in [0.25, 0.3) is 0 Å². The molecule has 1 saturated heterocycles. The Morgan fingerprint density at radius 1 is 1.00 bits per heavy atom. The second-order valence-corrected chi connectivity index (χ2v) is 6.57. The molecule has 1 fully saturated rings. The monoisotopic (exact) mass is 351 g/mol. The number of carbonyl (C=O) groups excluding carboxylic acids is 3. The van der Waals surface area contributed by atoms with E-state index in [4.69, 9.17) is 4.74 Å². The standard InChI is InChI=1S/C21H21NO4/c1-14-10-15(2)12-17(11-14)21(25)26-13-19(23)16-5-7-18(8-6-16)22-9-3-4-20(22)24/h5-8,10-12H,3-4,9,13H2,1-2H3. The lowest BCUT2D eigenvalue weighted by atomic mass is 10.1. The number of esters is 1. The van der Waals surface area contributed by atoms with Gasteiger partial charge >= 0.3 is 5.97 Å². The van der Waals surface area contributed by atoms with Crippen LogP contribution in [0.4, 0.5) is 5.69 Å². The highest BCUT2D eigenvalue weighted by Crippen LogP contribution is 2.21. The zero-order valence-electron chi connectivity index (χ0n) is 15.0. The largest absolute Gasteiger partial charge is 0.454 e. The van der Waals surface area contributed by atoms with Gasteiger partial charge in [-0.2, -0.15) is 0 Å². The summed E-state index contributed by atoms with van der Waals surface area (Å²) in [6, 6.07) is 12.3. The van der Waals surface area contributed by atoms with Gasteiger partial charge in [0.15, 0.2) is 12.4 Å². The van der Waals surface area contributed by atoms with Gasteiger partial charge in [-0.05, 0) is 56.7 Å². The number of nitrogens with zero attached hydrogens (tertiary/aromatic N) is 1. The molecule has 5 heteroatoms. The van der Waals surface area contributed by atoms with Gasteiger partial charge in [0.25, 0.3) is 0 Å². The maximum Gasteiger partial charge on any atom is 0.338 e. The van der Waals surface area contributed by atoms with Crippen LogP contribution >= 0.6 is 0 Å². The number of rotatable bonds is 5. The van der Waals surface area contributed by atoms with E-state index in [-0.39, 0.29) is 18.3 Å². The molecule has 0 unspecified atom stereocenters. The van der Waals surface area contributed by atoms with Gasteiger partial charge in [-0.1, -0.05) is 17.2 Å². The molecule has 0 radical (unpaired) electrons. The van der Waals surface area contributed by atoms with Crippen LogP contribution in [0.3, 0.4) is 0 Å². The zero-order chi connectivity index (χ0) is 18.7. The van der Waals surface area contributed by atoms with E-state index in [1.165, 1.54) is 0 Å². The van der Waals surface area contributed by atoms with Crippen molar-refractivity contribution in [2.45, 2.75) is 26.7 Å². The number of hydrogen-bond donors (Lipinski definition) is 0. The van der Waals surface area contributed by atoms with Crippen LogP contribution in [0.15, 0.2) is 42.5 Å². The quantitative estimate of drug-likeness (QED) is 0.611. The average Bonchev–Trinajstić information content (AvgIpc) is 3.04. The Hall–Kier alpha value is -2.95. The highest BCUT2D eigenvalue weighted by atomic mass is 16.5. The molecule has 0 saturated carbocycles. The molecule has 2 aromatic rings. The first-order valence-electron chi connectivity index (χ1n) is 8.63. The Kier molecular flexibility index (Phi) is 5.16. The van der Waals surface area contributed by atoms with Gasteiger partial charge in [0, 0.05) is 24.2 Å². The maximum atomic E-state index is 12.3. The fraction of sp³-hybridized carbons (Fsp3) is 0.286. The number of aryl methyl sites for hydroxylation is 2. The first-order valence-corrected chi connectivity index (χ1v) is 8.63. The number of amides is 1. The molecular formula is C21H21NO4. The van der Waals surface area contributed by atoms with Crippen molar-refractivity contribution in [2.24, 2.45) is 0 Å². The van der Waals surface area contributed by atoms with Crippen molar-refractivity contribution in [3.8, 4) is 0 Å². The van der Waals surface area contributed by atoms with Crippen LogP contribution in [0.5, 0.6) is 0 Å². The van der Waals surface area contributed by atoms with Gasteiger partial charge in [-0.15, -0.1) is 0 Å². The zero-order valence-corrected chi connectivity index (χ0v) is 15.0. The van der Waals surface area contributed by atoms with Gasteiger partial charge < -0.3 is 9.64 Å². The summed E-state index contributed by atoms with van der Waals surface area (Å²) in [7, 11) is 0. The minimum atomic E-state index is -0.510. The fourth-order valence-corrected chi connectivity index (χ4v) is 3.14. The van der Waals surface area contributed by atoms with Crippen LogP contribution in [0, 0.1) is 13.8 Å². The summed E-state index contributed by atoms with van der Waals surface area (Å²) in [6.45, 7) is 4.21. The molecule has 5 nitrogen and oxygen atoms in total. The Morgan fingerprint density at radius 3 is 2.23 bits per heavy atom. The van der Waals surface area contributed by atoms with Gasteiger partial charge in [0.2, 0.25) is 5.91 Å². The first kappa shape index (κ1) is 17.9. The summed E-state index contributed by atoms with van der Waals surface area (Å²) in [6.07, 6.45) is 1.42. The number of carbonyl (C=O) groups is 3. The van der Waals surface area contributed by atoms with E-state index in [0.717, 1.165) is 23.2 Å². The van der Waals surface area contributed by atoms with Gasteiger partial charge in [-0.25, -0.2) is 4.79 Å². The van der Waals surface area contributed by atoms with Crippen LogP contribution < -0.4 is 4.90 Å². The SMILES string of the molecule is Cc1cc(C)cc(C(=O)OCC(=O)c2ccc(N3CCCC3=O)cc2)c1. The lowest BCUT2D eigenvalue weighted by molar-refractivity contribution is -0.117. The van der Waals surface area contributed by atoms with E-state index in [2.05, 4.69) is 0 Å². The van der Waals surface area contributed by atoms with Crippen LogP contribution in [0.2, 0.25) is 0 Å². The van der Waals surface area contributed by atoms with E-state index >= 15 is 0 Å². The van der Waals surface area contributed by atoms with E-state index in [9.17, 15) is 14.4 Å². The molecule has 1 aliphatic rings. The smallest absolute Gasteiger partial charge is 0.338 e. The summed E-state index contributed by atoms with van der Waals surface area (Å²) in [5.41, 5.74) is 3.62. The molecule has 1 amide bonds. The summed E-state index contributed by atoms with van der Waals surface area (Å²) in [4.78, 5) is 37.9. The van der Waals surface area contributed by atoms with Crippen LogP contribution in [-0.4, -0.2) is 30.8 Å². The lowest BCUT2D eigenvalue weighted by Crippen LogP contribution is -2.23. The van der Waals surface area contributed by atoms with Gasteiger partial charge in [-0.3, -0.25) is 9.59 Å². The van der Waals surface area contributed by atoms with Crippen LogP contribution in [0.1, 0.15) is 44.7 Å². The predicted octanol–water partition coefficient (Wildman–Crippen LogP) is 3.47. The number of anilines is 1. The third-order valence-corrected chi connectivity index (χ3v) is 4.37. The fourth-order valence-electron chi connectivity index (χ4n) is 3.14. The Bertz CT molecular complexity index is 835. The van der Waals surface area contributed by atoms with Crippen molar-refractivity contribution in [3.05, 3.63) is 64.7 Å². The normalized spacial score (nSPS) is 13.8. The minimum absolute atomic E-state index is 0.103. The summed E-state index contributed by atoms with van der Waals surface area (Å²) in [5, 5.41) is 0. The summed E-state index contributed by atoms with van der Waals surface area (Å²) >= 11 is 0. The second kappa shape index (κ2) is 7.52. The van der Waals surface area contributed by atoms with Crippen molar-refractivity contribution in [1.82, 2.24) is 0 Å². The van der Waals surface area contributed by atoms with Crippen molar-refractivity contribution >= 4 is 23.3 Å². The number of benzene rings is 2. The third kappa shape index (κ3) is 3.99. The number of Topliss-reactive ketones (excluding diaryl/α,β-unsaturated/α-hetero) is 1. The highest BCUT2D eigenvalue weighted by molar-refractivity contribution is 6.00. The molecule has 3 rings (SSSR count). The molecule has 0 atom stereocenters. The van der Waals surface area contributed by atoms with E-state index in [1.54, 1.807) is 41.3 Å². The predicted molar refractivity (Wildman–Crippen MR) is 98.6 cm³/mol. The van der Waals surface area contributed by atoms with Gasteiger partial charge in [0.05, 0.1) is 5.56 Å². The number of ether oxygens (including phenoxy) is 1. The molecule has 1 heterocycles. The minimum Gasteiger partial charge on any atom is -0.454 e. The van der Waals surface area contributed by atoms with E-state index in [1.807, 2.05) is 19.9 Å². The molecular weight excluding hydrogens is 330 g/mol. The molecule has 0 bridgehead atoms. The lowest BCUT2D eigenvalue weighted by Gasteiger charge is -2.15. The summed E-state index contributed by atoms with van der Waals surface area (Å²) < 4.78 is 5.15. The van der Waals surface area contributed by atoms with Crippen LogP contribution in [-0.2, 0) is 9.53 Å². The first-order chi connectivity index (χ1) is 12.4. The van der Waals surface area contributed by atoms with Crippen molar-refractivity contribution < 1.29 is 19.1 Å². The number of hydrogen-bond acceptors (Lipinski definition) is 4. The molecule has 26 heavy (non-hydrogen) atoms. The van der Waals surface area contributed by atoms with E-state index in [0.29, 0.717) is 24.1 Å². The maximum absolute atomic E-state index is 12.3. The molecule has 134 valence electrons. The van der Waals surface area contributed by atoms with Crippen molar-refractivity contribution in [1.29, 1.82) is 0 Å². The Labute approximate surface area is 152 Å². The van der Waals surface area contributed by atoms with E-state index < -0.39 is 5.97 Å². The molecule has 0 N–H and O–H groups in total. The molecule has 0 spiro atoms. The average molecular weight is 351 g/mol. The van der Waals surface area contributed by atoms with Crippen molar-refractivity contribution in [3.63, 3.8) is 0 Å². The topological polar surface area (TPSA) is 63.7 Å². The highest BCUT2D eigenvalue weighted by Gasteiger charge is 2.21. The Balaban J connectivity index is 1.61. The van der Waals surface area contributed by atoms with Crippen molar-refractivity contribution in [2.75, 3.05) is 18.1 Å². The summed E-state index contributed by atoms with van der Waals surface area (Å²) in [5.74, 6) is -0.682. The molecule has 2 aromatic carbocycles. The number of ketones is 1. The Morgan fingerprint density at radius 2 is 1.65 bits per heavy atom.